The number of benzene rings is 2. The summed E-state index contributed by atoms with van der Waals surface area (Å²) >= 11 is 0. The third-order valence-electron chi connectivity index (χ3n) is 4.21. The molecule has 2 heterocycles. The number of oxazole rings is 1. The highest BCUT2D eigenvalue weighted by molar-refractivity contribution is 5.96. The van der Waals surface area contributed by atoms with E-state index in [2.05, 4.69) is 10.1 Å². The highest BCUT2D eigenvalue weighted by atomic mass is 16.5. The van der Waals surface area contributed by atoms with Crippen molar-refractivity contribution < 1.29 is 18.9 Å². The summed E-state index contributed by atoms with van der Waals surface area (Å²) in [6, 6.07) is 12.5. The zero-order valence-corrected chi connectivity index (χ0v) is 14.1. The molecule has 26 heavy (non-hydrogen) atoms. The maximum atomic E-state index is 11.5. The van der Waals surface area contributed by atoms with Crippen LogP contribution >= 0.6 is 0 Å². The summed E-state index contributed by atoms with van der Waals surface area (Å²) in [6.45, 7) is 3.78. The molecule has 7 heteroatoms. The molecular formula is C19H15N3O4. The van der Waals surface area contributed by atoms with E-state index in [1.54, 1.807) is 23.7 Å². The lowest BCUT2D eigenvalue weighted by molar-refractivity contribution is 0.0706. The molecule has 1 amide bonds. The Hall–Kier alpha value is -3.45. The van der Waals surface area contributed by atoms with Crippen molar-refractivity contribution in [2.75, 3.05) is 0 Å². The Labute approximate surface area is 148 Å². The van der Waals surface area contributed by atoms with Gasteiger partial charge in [-0.3, -0.25) is 10.0 Å². The van der Waals surface area contributed by atoms with Crippen molar-refractivity contribution in [2.45, 2.75) is 13.8 Å². The van der Waals surface area contributed by atoms with Crippen LogP contribution in [0.2, 0.25) is 0 Å². The Morgan fingerprint density at radius 2 is 1.81 bits per heavy atom. The van der Waals surface area contributed by atoms with Crippen LogP contribution in [-0.2, 0) is 0 Å². The van der Waals surface area contributed by atoms with Crippen LogP contribution in [0.25, 0.3) is 33.7 Å². The smallest absolute Gasteiger partial charge is 0.274 e. The first-order valence-electron chi connectivity index (χ1n) is 7.95. The molecule has 0 aliphatic rings. The van der Waals surface area contributed by atoms with E-state index in [0.29, 0.717) is 22.6 Å². The van der Waals surface area contributed by atoms with Crippen molar-refractivity contribution in [3.8, 4) is 22.6 Å². The minimum atomic E-state index is -0.597. The second kappa shape index (κ2) is 6.12. The number of hydroxylamine groups is 1. The van der Waals surface area contributed by atoms with Crippen LogP contribution in [-0.4, -0.2) is 21.3 Å². The number of carbonyl (C=O) groups excluding carboxylic acids is 1. The molecule has 4 aromatic rings. The summed E-state index contributed by atoms with van der Waals surface area (Å²) in [6.07, 6.45) is 0. The summed E-state index contributed by atoms with van der Waals surface area (Å²) in [5.74, 6) is 0.624. The van der Waals surface area contributed by atoms with Crippen LogP contribution in [0, 0.1) is 13.8 Å². The molecule has 130 valence electrons. The molecule has 2 aromatic heterocycles. The van der Waals surface area contributed by atoms with Gasteiger partial charge in [0, 0.05) is 16.7 Å². The Bertz CT molecular complexity index is 1090. The topological polar surface area (TPSA) is 101 Å². The molecule has 0 aliphatic carbocycles. The molecule has 0 fully saturated rings. The molecule has 2 N–H and O–H groups in total. The SMILES string of the molecule is Cc1noc(C)c1-c1ccc(-c2nc3cc(C(=O)NO)ccc3o2)cc1. The van der Waals surface area contributed by atoms with Gasteiger partial charge in [-0.2, -0.15) is 0 Å². The Morgan fingerprint density at radius 1 is 1.08 bits per heavy atom. The van der Waals surface area contributed by atoms with Crippen LogP contribution in [0.15, 0.2) is 51.4 Å². The number of amides is 1. The number of aromatic nitrogens is 2. The van der Waals surface area contributed by atoms with E-state index >= 15 is 0 Å². The van der Waals surface area contributed by atoms with Crippen molar-refractivity contribution in [3.05, 3.63) is 59.5 Å². The van der Waals surface area contributed by atoms with Gasteiger partial charge in [0.05, 0.1) is 5.69 Å². The van der Waals surface area contributed by atoms with Crippen LogP contribution < -0.4 is 5.48 Å². The predicted octanol–water partition coefficient (Wildman–Crippen LogP) is 3.89. The summed E-state index contributed by atoms with van der Waals surface area (Å²) in [5.41, 5.74) is 6.63. The predicted molar refractivity (Wildman–Crippen MR) is 93.7 cm³/mol. The molecule has 0 saturated carbocycles. The fraction of sp³-hybridized carbons (Fsp3) is 0.105. The van der Waals surface area contributed by atoms with E-state index in [1.165, 1.54) is 0 Å². The lowest BCUT2D eigenvalue weighted by atomic mass is 10.0. The summed E-state index contributed by atoms with van der Waals surface area (Å²) in [5, 5.41) is 12.7. The number of hydrogen-bond donors (Lipinski definition) is 2. The fourth-order valence-corrected chi connectivity index (χ4v) is 2.93. The Kier molecular flexibility index (Phi) is 3.78. The van der Waals surface area contributed by atoms with Crippen molar-refractivity contribution in [1.29, 1.82) is 0 Å². The number of nitrogens with one attached hydrogen (secondary N) is 1. The van der Waals surface area contributed by atoms with Gasteiger partial charge >= 0.3 is 0 Å². The maximum Gasteiger partial charge on any atom is 0.274 e. The molecule has 0 saturated heterocycles. The number of fused-ring (bicyclic) bond motifs is 1. The van der Waals surface area contributed by atoms with Gasteiger partial charge < -0.3 is 8.94 Å². The van der Waals surface area contributed by atoms with Crippen molar-refractivity contribution in [1.82, 2.24) is 15.6 Å². The molecule has 0 radical (unpaired) electrons. The van der Waals surface area contributed by atoms with Gasteiger partial charge in [0.25, 0.3) is 5.91 Å². The highest BCUT2D eigenvalue weighted by Gasteiger charge is 2.14. The molecular weight excluding hydrogens is 334 g/mol. The quantitative estimate of drug-likeness (QED) is 0.430. The van der Waals surface area contributed by atoms with E-state index in [9.17, 15) is 4.79 Å². The zero-order valence-electron chi connectivity index (χ0n) is 14.1. The molecule has 0 bridgehead atoms. The Morgan fingerprint density at radius 3 is 2.46 bits per heavy atom. The summed E-state index contributed by atoms with van der Waals surface area (Å²) < 4.78 is 11.0. The van der Waals surface area contributed by atoms with Crippen LogP contribution in [0.1, 0.15) is 21.8 Å². The first-order valence-corrected chi connectivity index (χ1v) is 7.95. The first kappa shape index (κ1) is 16.0. The normalized spacial score (nSPS) is 11.0. The van der Waals surface area contributed by atoms with Crippen LogP contribution in [0.5, 0.6) is 0 Å². The molecule has 2 aromatic carbocycles. The van der Waals surface area contributed by atoms with Gasteiger partial charge in [-0.15, -0.1) is 0 Å². The van der Waals surface area contributed by atoms with Gasteiger partial charge in [-0.1, -0.05) is 17.3 Å². The van der Waals surface area contributed by atoms with Gasteiger partial charge in [-0.05, 0) is 49.7 Å². The monoisotopic (exact) mass is 349 g/mol. The van der Waals surface area contributed by atoms with E-state index < -0.39 is 5.91 Å². The van der Waals surface area contributed by atoms with Gasteiger partial charge in [-0.25, -0.2) is 10.5 Å². The lowest BCUT2D eigenvalue weighted by Crippen LogP contribution is -2.18. The van der Waals surface area contributed by atoms with Crippen LogP contribution in [0.4, 0.5) is 0 Å². The lowest BCUT2D eigenvalue weighted by Gasteiger charge is -2.01. The minimum Gasteiger partial charge on any atom is -0.436 e. The average Bonchev–Trinajstić information content (AvgIpc) is 3.23. The number of rotatable bonds is 3. The van der Waals surface area contributed by atoms with E-state index in [1.807, 2.05) is 38.1 Å². The van der Waals surface area contributed by atoms with Crippen molar-refractivity contribution in [3.63, 3.8) is 0 Å². The second-order valence-electron chi connectivity index (χ2n) is 5.92. The molecule has 0 atom stereocenters. The molecule has 0 spiro atoms. The molecule has 4 rings (SSSR count). The minimum absolute atomic E-state index is 0.300. The summed E-state index contributed by atoms with van der Waals surface area (Å²) in [7, 11) is 0. The molecule has 0 unspecified atom stereocenters. The first-order chi connectivity index (χ1) is 12.6. The number of carbonyl (C=O) groups is 1. The van der Waals surface area contributed by atoms with Crippen molar-refractivity contribution >= 4 is 17.0 Å². The van der Waals surface area contributed by atoms with Gasteiger partial charge in [0.15, 0.2) is 5.58 Å². The van der Waals surface area contributed by atoms with Gasteiger partial charge in [0.1, 0.15) is 11.3 Å². The van der Waals surface area contributed by atoms with Crippen molar-refractivity contribution in [2.24, 2.45) is 0 Å². The third-order valence-corrected chi connectivity index (χ3v) is 4.21. The van der Waals surface area contributed by atoms with Crippen LogP contribution in [0.3, 0.4) is 0 Å². The largest absolute Gasteiger partial charge is 0.436 e. The number of hydrogen-bond acceptors (Lipinski definition) is 6. The second-order valence-corrected chi connectivity index (χ2v) is 5.92. The standard InChI is InChI=1S/C19H15N3O4/c1-10-17(11(2)26-22-10)12-3-5-13(6-4-12)19-20-15-9-14(18(23)21-24)7-8-16(15)25-19/h3-9,24H,1-2H3,(H,21,23). The Balaban J connectivity index is 1.70. The fourth-order valence-electron chi connectivity index (χ4n) is 2.93. The molecule has 7 nitrogen and oxygen atoms in total. The van der Waals surface area contributed by atoms with E-state index in [4.69, 9.17) is 14.1 Å². The number of aryl methyl sites for hydroxylation is 2. The zero-order chi connectivity index (χ0) is 18.3. The summed E-state index contributed by atoms with van der Waals surface area (Å²) in [4.78, 5) is 15.9. The van der Waals surface area contributed by atoms with E-state index in [0.717, 1.165) is 28.1 Å². The highest BCUT2D eigenvalue weighted by Crippen LogP contribution is 2.30. The molecule has 0 aliphatic heterocycles. The third kappa shape index (κ3) is 2.64. The number of nitrogens with zero attached hydrogens (tertiary/aromatic N) is 2. The maximum absolute atomic E-state index is 11.5. The average molecular weight is 349 g/mol. The van der Waals surface area contributed by atoms with Gasteiger partial charge in [0.2, 0.25) is 5.89 Å². The van der Waals surface area contributed by atoms with E-state index in [-0.39, 0.29) is 0 Å².